The average molecular weight is 448 g/mol. The number of nitrogens with one attached hydrogen (secondary N) is 2. The summed E-state index contributed by atoms with van der Waals surface area (Å²) in [6, 6.07) is 11.2. The van der Waals surface area contributed by atoms with E-state index < -0.39 is 16.6 Å². The first-order valence-corrected chi connectivity index (χ1v) is 9.41. The Morgan fingerprint density at radius 3 is 2.53 bits per heavy atom. The molecule has 0 amide bonds. The number of anilines is 4. The molecule has 0 unspecified atom stereocenters. The lowest BCUT2D eigenvalue weighted by Gasteiger charge is -2.12. The Morgan fingerprint density at radius 1 is 1.13 bits per heavy atom. The summed E-state index contributed by atoms with van der Waals surface area (Å²) >= 11 is 12.1. The van der Waals surface area contributed by atoms with Gasteiger partial charge in [0.25, 0.3) is 0 Å². The molecule has 0 atom stereocenters. The van der Waals surface area contributed by atoms with Gasteiger partial charge in [-0.25, -0.2) is 14.8 Å². The van der Waals surface area contributed by atoms with Crippen molar-refractivity contribution in [3.05, 3.63) is 74.5 Å². The van der Waals surface area contributed by atoms with Crippen LogP contribution in [0, 0.1) is 10.1 Å². The number of esters is 1. The van der Waals surface area contributed by atoms with Crippen molar-refractivity contribution in [2.24, 2.45) is 0 Å². The van der Waals surface area contributed by atoms with E-state index in [1.807, 2.05) is 0 Å². The van der Waals surface area contributed by atoms with Crippen LogP contribution >= 0.6 is 23.2 Å². The van der Waals surface area contributed by atoms with E-state index in [9.17, 15) is 14.9 Å². The van der Waals surface area contributed by atoms with Gasteiger partial charge in [0, 0.05) is 5.69 Å². The molecule has 0 aliphatic rings. The second-order valence-corrected chi connectivity index (χ2v) is 6.61. The lowest BCUT2D eigenvalue weighted by molar-refractivity contribution is -0.383. The molecular formula is C19H15Cl2N5O4. The molecule has 2 N–H and O–H groups in total. The molecule has 11 heteroatoms. The smallest absolute Gasteiger partial charge is 0.353 e. The van der Waals surface area contributed by atoms with Gasteiger partial charge in [0.1, 0.15) is 6.33 Å². The van der Waals surface area contributed by atoms with Crippen LogP contribution in [0.2, 0.25) is 10.0 Å². The molecule has 0 saturated carbocycles. The Kier molecular flexibility index (Phi) is 6.65. The van der Waals surface area contributed by atoms with E-state index >= 15 is 0 Å². The standard InChI is InChI=1S/C19H15Cl2N5O4/c1-2-30-19(27)11-5-3-6-12(9-11)24-17-16(26(28)29)18(23-10-22-17)25-14-8-4-7-13(20)15(14)21/h3-10H,2H2,1H3,(H2,22,23,24,25). The van der Waals surface area contributed by atoms with Gasteiger partial charge in [0.2, 0.25) is 11.6 Å². The molecule has 30 heavy (non-hydrogen) atoms. The van der Waals surface area contributed by atoms with Crippen molar-refractivity contribution in [3.63, 3.8) is 0 Å². The van der Waals surface area contributed by atoms with Gasteiger partial charge in [-0.2, -0.15) is 0 Å². The second kappa shape index (κ2) is 9.38. The van der Waals surface area contributed by atoms with Crippen LogP contribution in [0.15, 0.2) is 48.8 Å². The van der Waals surface area contributed by atoms with Crippen molar-refractivity contribution in [1.82, 2.24) is 9.97 Å². The fourth-order valence-electron chi connectivity index (χ4n) is 2.54. The summed E-state index contributed by atoms with van der Waals surface area (Å²) in [5.74, 6) is -0.656. The van der Waals surface area contributed by atoms with Crippen LogP contribution in [0.4, 0.5) is 28.7 Å². The van der Waals surface area contributed by atoms with Gasteiger partial charge >= 0.3 is 11.7 Å². The van der Waals surface area contributed by atoms with E-state index in [0.717, 1.165) is 6.33 Å². The molecule has 0 fully saturated rings. The summed E-state index contributed by atoms with van der Waals surface area (Å²) in [7, 11) is 0. The summed E-state index contributed by atoms with van der Waals surface area (Å²) in [6.45, 7) is 1.93. The van der Waals surface area contributed by atoms with Crippen LogP contribution in [0.3, 0.4) is 0 Å². The van der Waals surface area contributed by atoms with Gasteiger partial charge in [-0.15, -0.1) is 0 Å². The number of hydrogen-bond acceptors (Lipinski definition) is 8. The average Bonchev–Trinajstić information content (AvgIpc) is 2.72. The summed E-state index contributed by atoms with van der Waals surface area (Å²) in [5.41, 5.74) is 0.646. The monoisotopic (exact) mass is 447 g/mol. The third-order valence-corrected chi connectivity index (χ3v) is 4.66. The second-order valence-electron chi connectivity index (χ2n) is 5.83. The summed E-state index contributed by atoms with van der Waals surface area (Å²) < 4.78 is 4.97. The van der Waals surface area contributed by atoms with Crippen molar-refractivity contribution in [2.75, 3.05) is 17.2 Å². The van der Waals surface area contributed by atoms with Crippen molar-refractivity contribution in [1.29, 1.82) is 0 Å². The molecule has 9 nitrogen and oxygen atoms in total. The number of carbonyl (C=O) groups excluding carboxylic acids is 1. The minimum Gasteiger partial charge on any atom is -0.462 e. The van der Waals surface area contributed by atoms with Gasteiger partial charge in [-0.1, -0.05) is 35.3 Å². The molecule has 3 aromatic rings. The topological polar surface area (TPSA) is 119 Å². The highest BCUT2D eigenvalue weighted by molar-refractivity contribution is 6.43. The molecule has 0 spiro atoms. The van der Waals surface area contributed by atoms with Crippen LogP contribution < -0.4 is 10.6 Å². The third-order valence-electron chi connectivity index (χ3n) is 3.85. The summed E-state index contributed by atoms with van der Waals surface area (Å²) in [6.07, 6.45) is 1.16. The van der Waals surface area contributed by atoms with Gasteiger partial charge in [-0.05, 0) is 37.3 Å². The number of ether oxygens (including phenoxy) is 1. The van der Waals surface area contributed by atoms with Crippen LogP contribution in [0.25, 0.3) is 0 Å². The molecule has 2 aromatic carbocycles. The maximum Gasteiger partial charge on any atom is 0.353 e. The Balaban J connectivity index is 1.96. The van der Waals surface area contributed by atoms with Gasteiger partial charge < -0.3 is 15.4 Å². The highest BCUT2D eigenvalue weighted by Crippen LogP contribution is 2.36. The molecule has 0 aliphatic heterocycles. The zero-order chi connectivity index (χ0) is 21.7. The number of benzene rings is 2. The number of nitrogens with zero attached hydrogens (tertiary/aromatic N) is 3. The molecule has 3 rings (SSSR count). The Morgan fingerprint density at radius 2 is 1.83 bits per heavy atom. The maximum atomic E-state index is 11.9. The fraction of sp³-hybridized carbons (Fsp3) is 0.105. The SMILES string of the molecule is CCOC(=O)c1cccc(Nc2ncnc(Nc3cccc(Cl)c3Cl)c2[N+](=O)[O-])c1. The quantitative estimate of drug-likeness (QED) is 0.282. The van der Waals surface area contributed by atoms with Crippen LogP contribution in [-0.2, 0) is 4.74 Å². The number of carbonyl (C=O) groups is 1. The van der Waals surface area contributed by atoms with E-state index in [1.165, 1.54) is 6.07 Å². The minimum absolute atomic E-state index is 0.0725. The molecule has 1 aromatic heterocycles. The molecule has 0 aliphatic carbocycles. The molecule has 0 radical (unpaired) electrons. The predicted octanol–water partition coefficient (Wildman–Crippen LogP) is 5.36. The fourth-order valence-corrected chi connectivity index (χ4v) is 2.89. The number of rotatable bonds is 7. The van der Waals surface area contributed by atoms with Crippen LogP contribution in [0.5, 0.6) is 0 Å². The van der Waals surface area contributed by atoms with E-state index in [4.69, 9.17) is 27.9 Å². The largest absolute Gasteiger partial charge is 0.462 e. The first kappa shape index (κ1) is 21.3. The Hall–Kier alpha value is -3.43. The van der Waals surface area contributed by atoms with Crippen molar-refractivity contribution in [2.45, 2.75) is 6.92 Å². The normalized spacial score (nSPS) is 10.4. The van der Waals surface area contributed by atoms with Crippen molar-refractivity contribution < 1.29 is 14.5 Å². The first-order chi connectivity index (χ1) is 14.4. The number of hydrogen-bond donors (Lipinski definition) is 2. The zero-order valence-corrected chi connectivity index (χ0v) is 17.1. The van der Waals surface area contributed by atoms with E-state index in [1.54, 1.807) is 43.3 Å². The summed E-state index contributed by atoms with van der Waals surface area (Å²) in [4.78, 5) is 31.0. The van der Waals surface area contributed by atoms with Crippen LogP contribution in [-0.4, -0.2) is 27.5 Å². The minimum atomic E-state index is -0.627. The highest BCUT2D eigenvalue weighted by atomic mass is 35.5. The van der Waals surface area contributed by atoms with E-state index in [0.29, 0.717) is 16.9 Å². The van der Waals surface area contributed by atoms with Crippen molar-refractivity contribution >= 4 is 57.9 Å². The Bertz CT molecular complexity index is 1110. The lowest BCUT2D eigenvalue weighted by atomic mass is 10.2. The predicted molar refractivity (Wildman–Crippen MR) is 114 cm³/mol. The van der Waals surface area contributed by atoms with Gasteiger partial charge in [0.05, 0.1) is 32.8 Å². The number of aromatic nitrogens is 2. The van der Waals surface area contributed by atoms with Gasteiger partial charge in [0.15, 0.2) is 0 Å². The number of halogens is 2. The van der Waals surface area contributed by atoms with E-state index in [2.05, 4.69) is 20.6 Å². The zero-order valence-electron chi connectivity index (χ0n) is 15.6. The molecule has 154 valence electrons. The first-order valence-electron chi connectivity index (χ1n) is 8.65. The van der Waals surface area contributed by atoms with Crippen molar-refractivity contribution in [3.8, 4) is 0 Å². The van der Waals surface area contributed by atoms with Gasteiger partial charge in [-0.3, -0.25) is 10.1 Å². The molecule has 0 saturated heterocycles. The maximum absolute atomic E-state index is 11.9. The van der Waals surface area contributed by atoms with E-state index in [-0.39, 0.29) is 28.3 Å². The molecular weight excluding hydrogens is 433 g/mol. The lowest BCUT2D eigenvalue weighted by Crippen LogP contribution is -2.07. The highest BCUT2D eigenvalue weighted by Gasteiger charge is 2.24. The number of nitro groups is 1. The third kappa shape index (κ3) is 4.76. The summed E-state index contributed by atoms with van der Waals surface area (Å²) in [5, 5.41) is 17.9. The molecule has 1 heterocycles. The van der Waals surface area contributed by atoms with Crippen LogP contribution in [0.1, 0.15) is 17.3 Å². The molecule has 0 bridgehead atoms. The Labute approximate surface area is 181 Å².